The highest BCUT2D eigenvalue weighted by atomic mass is 16.4. The van der Waals surface area contributed by atoms with Gasteiger partial charge in [-0.2, -0.15) is 10.2 Å². The Morgan fingerprint density at radius 1 is 1.26 bits per heavy atom. The molecule has 2 N–H and O–H groups in total. The van der Waals surface area contributed by atoms with Crippen LogP contribution in [0.4, 0.5) is 5.82 Å². The summed E-state index contributed by atoms with van der Waals surface area (Å²) in [6.07, 6.45) is 5.45. The summed E-state index contributed by atoms with van der Waals surface area (Å²) in [5, 5.41) is 20.2. The van der Waals surface area contributed by atoms with Gasteiger partial charge in [0.15, 0.2) is 5.82 Å². The van der Waals surface area contributed by atoms with E-state index >= 15 is 0 Å². The minimum absolute atomic E-state index is 0.0498. The Balaban J connectivity index is 1.45. The summed E-state index contributed by atoms with van der Waals surface area (Å²) in [7, 11) is 0. The molecule has 0 saturated carbocycles. The van der Waals surface area contributed by atoms with Crippen LogP contribution in [0, 0.1) is 6.92 Å². The SMILES string of the molecule is Cc1nc(N2CCC(c3cc(CC(=O)O)n[nH]3)CC2)cc(-n2cccn2)n1. The van der Waals surface area contributed by atoms with Crippen LogP contribution < -0.4 is 4.90 Å². The second-order valence-corrected chi connectivity index (χ2v) is 6.73. The zero-order chi connectivity index (χ0) is 18.8. The van der Waals surface area contributed by atoms with E-state index in [0.717, 1.165) is 43.3 Å². The summed E-state index contributed by atoms with van der Waals surface area (Å²) in [4.78, 5) is 22.1. The average Bonchev–Trinajstić information content (AvgIpc) is 3.33. The van der Waals surface area contributed by atoms with Gasteiger partial charge in [-0.25, -0.2) is 14.6 Å². The standard InChI is InChI=1S/C18H21N7O2/c1-12-20-16(11-17(21-12)25-6-2-5-19-25)24-7-3-13(4-8-24)15-9-14(22-23-15)10-18(26)27/h2,5-6,9,11,13H,3-4,7-8,10H2,1H3,(H,22,23)(H,26,27). The molecule has 1 aliphatic rings. The molecule has 0 aliphatic carbocycles. The predicted octanol–water partition coefficient (Wildman–Crippen LogP) is 1.70. The lowest BCUT2D eigenvalue weighted by Gasteiger charge is -2.32. The first-order valence-corrected chi connectivity index (χ1v) is 8.95. The molecular weight excluding hydrogens is 346 g/mol. The number of hydrogen-bond donors (Lipinski definition) is 2. The number of anilines is 1. The lowest BCUT2D eigenvalue weighted by Crippen LogP contribution is -2.34. The fraction of sp³-hybridized carbons (Fsp3) is 0.389. The minimum Gasteiger partial charge on any atom is -0.481 e. The number of rotatable bonds is 5. The van der Waals surface area contributed by atoms with Gasteiger partial charge in [0, 0.05) is 43.2 Å². The summed E-state index contributed by atoms with van der Waals surface area (Å²) in [5.41, 5.74) is 1.59. The van der Waals surface area contributed by atoms with Crippen LogP contribution >= 0.6 is 0 Å². The van der Waals surface area contributed by atoms with Gasteiger partial charge >= 0.3 is 5.97 Å². The lowest BCUT2D eigenvalue weighted by atomic mass is 9.93. The van der Waals surface area contributed by atoms with Crippen molar-refractivity contribution in [2.45, 2.75) is 32.1 Å². The molecule has 0 atom stereocenters. The second-order valence-electron chi connectivity index (χ2n) is 6.73. The van der Waals surface area contributed by atoms with Gasteiger partial charge in [-0.3, -0.25) is 9.89 Å². The van der Waals surface area contributed by atoms with Crippen LogP contribution in [0.3, 0.4) is 0 Å². The Morgan fingerprint density at radius 3 is 2.74 bits per heavy atom. The monoisotopic (exact) mass is 367 g/mol. The van der Waals surface area contributed by atoms with Gasteiger partial charge in [-0.15, -0.1) is 0 Å². The molecule has 0 radical (unpaired) electrons. The first-order valence-electron chi connectivity index (χ1n) is 8.95. The van der Waals surface area contributed by atoms with E-state index in [1.54, 1.807) is 10.9 Å². The highest BCUT2D eigenvalue weighted by Crippen LogP contribution is 2.29. The second kappa shape index (κ2) is 7.18. The number of carboxylic acid groups (broad SMARTS) is 1. The molecular formula is C18H21N7O2. The van der Waals surface area contributed by atoms with Crippen molar-refractivity contribution in [2.24, 2.45) is 0 Å². The van der Waals surface area contributed by atoms with Crippen molar-refractivity contribution in [1.29, 1.82) is 0 Å². The summed E-state index contributed by atoms with van der Waals surface area (Å²) in [6, 6.07) is 5.70. The van der Waals surface area contributed by atoms with E-state index in [0.29, 0.717) is 17.4 Å². The Kier molecular flexibility index (Phi) is 4.57. The molecule has 0 amide bonds. The number of aryl methyl sites for hydroxylation is 1. The van der Waals surface area contributed by atoms with Crippen LogP contribution in [0.2, 0.25) is 0 Å². The number of carbonyl (C=O) groups is 1. The van der Waals surface area contributed by atoms with E-state index in [2.05, 4.69) is 30.2 Å². The van der Waals surface area contributed by atoms with Gasteiger partial charge in [-0.05, 0) is 31.9 Å². The van der Waals surface area contributed by atoms with E-state index < -0.39 is 5.97 Å². The van der Waals surface area contributed by atoms with Crippen LogP contribution in [0.5, 0.6) is 0 Å². The summed E-state index contributed by atoms with van der Waals surface area (Å²) >= 11 is 0. The maximum atomic E-state index is 10.8. The largest absolute Gasteiger partial charge is 0.481 e. The molecule has 4 heterocycles. The Morgan fingerprint density at radius 2 is 2.04 bits per heavy atom. The number of carboxylic acids is 1. The highest BCUT2D eigenvalue weighted by molar-refractivity contribution is 5.69. The van der Waals surface area contributed by atoms with E-state index in [-0.39, 0.29) is 6.42 Å². The van der Waals surface area contributed by atoms with Gasteiger partial charge in [0.2, 0.25) is 0 Å². The molecule has 0 unspecified atom stereocenters. The highest BCUT2D eigenvalue weighted by Gasteiger charge is 2.24. The van der Waals surface area contributed by atoms with Crippen LogP contribution in [0.25, 0.3) is 5.82 Å². The van der Waals surface area contributed by atoms with Gasteiger partial charge in [-0.1, -0.05) is 0 Å². The summed E-state index contributed by atoms with van der Waals surface area (Å²) < 4.78 is 1.74. The minimum atomic E-state index is -0.866. The number of hydrogen-bond acceptors (Lipinski definition) is 6. The van der Waals surface area contributed by atoms with Gasteiger partial charge in [0.1, 0.15) is 11.6 Å². The average molecular weight is 367 g/mol. The van der Waals surface area contributed by atoms with Gasteiger partial charge in [0.25, 0.3) is 0 Å². The molecule has 27 heavy (non-hydrogen) atoms. The molecule has 1 saturated heterocycles. The van der Waals surface area contributed by atoms with Crippen molar-refractivity contribution in [3.63, 3.8) is 0 Å². The Hall–Kier alpha value is -3.23. The van der Waals surface area contributed by atoms with E-state index in [9.17, 15) is 4.79 Å². The fourth-order valence-corrected chi connectivity index (χ4v) is 3.47. The third-order valence-electron chi connectivity index (χ3n) is 4.79. The van der Waals surface area contributed by atoms with Crippen molar-refractivity contribution in [2.75, 3.05) is 18.0 Å². The third kappa shape index (κ3) is 3.81. The van der Waals surface area contributed by atoms with E-state index in [4.69, 9.17) is 5.11 Å². The molecule has 0 bridgehead atoms. The van der Waals surface area contributed by atoms with Crippen LogP contribution in [-0.4, -0.2) is 54.1 Å². The molecule has 0 spiro atoms. The van der Waals surface area contributed by atoms with Crippen LogP contribution in [0.15, 0.2) is 30.6 Å². The van der Waals surface area contributed by atoms with Crippen LogP contribution in [-0.2, 0) is 11.2 Å². The fourth-order valence-electron chi connectivity index (χ4n) is 3.47. The molecule has 1 fully saturated rings. The topological polar surface area (TPSA) is 113 Å². The molecule has 140 valence electrons. The smallest absolute Gasteiger partial charge is 0.309 e. The zero-order valence-electron chi connectivity index (χ0n) is 15.0. The number of nitrogens with one attached hydrogen (secondary N) is 1. The number of nitrogens with zero attached hydrogens (tertiary/aromatic N) is 6. The molecule has 9 nitrogen and oxygen atoms in total. The third-order valence-corrected chi connectivity index (χ3v) is 4.79. The van der Waals surface area contributed by atoms with Crippen LogP contribution in [0.1, 0.15) is 36.0 Å². The van der Waals surface area contributed by atoms with Gasteiger partial charge < -0.3 is 10.0 Å². The summed E-state index contributed by atoms with van der Waals surface area (Å²) in [5.74, 6) is 1.87. The van der Waals surface area contributed by atoms with Crippen molar-refractivity contribution >= 4 is 11.8 Å². The zero-order valence-corrected chi connectivity index (χ0v) is 15.0. The molecule has 3 aromatic rings. The number of aromatic amines is 1. The maximum absolute atomic E-state index is 10.8. The maximum Gasteiger partial charge on any atom is 0.309 e. The van der Waals surface area contributed by atoms with Crippen molar-refractivity contribution in [3.8, 4) is 5.82 Å². The van der Waals surface area contributed by atoms with Gasteiger partial charge in [0.05, 0.1) is 12.1 Å². The molecule has 9 heteroatoms. The van der Waals surface area contributed by atoms with Crippen molar-refractivity contribution < 1.29 is 9.90 Å². The van der Waals surface area contributed by atoms with E-state index in [1.165, 1.54) is 0 Å². The quantitative estimate of drug-likeness (QED) is 0.706. The van der Waals surface area contributed by atoms with Crippen molar-refractivity contribution in [1.82, 2.24) is 29.9 Å². The number of aliphatic carboxylic acids is 1. The number of H-pyrrole nitrogens is 1. The molecule has 3 aromatic heterocycles. The molecule has 1 aliphatic heterocycles. The Bertz CT molecular complexity index is 927. The number of piperidine rings is 1. The first-order chi connectivity index (χ1) is 13.1. The predicted molar refractivity (Wildman–Crippen MR) is 98.0 cm³/mol. The number of aromatic nitrogens is 6. The Labute approximate surface area is 156 Å². The summed E-state index contributed by atoms with van der Waals surface area (Å²) in [6.45, 7) is 3.62. The molecule has 0 aromatic carbocycles. The van der Waals surface area contributed by atoms with E-state index in [1.807, 2.05) is 31.3 Å². The molecule has 4 rings (SSSR count). The first kappa shape index (κ1) is 17.2. The normalized spacial score (nSPS) is 15.2. The lowest BCUT2D eigenvalue weighted by molar-refractivity contribution is -0.136. The van der Waals surface area contributed by atoms with Crippen molar-refractivity contribution in [3.05, 3.63) is 47.8 Å².